The van der Waals surface area contributed by atoms with Crippen LogP contribution in [-0.2, 0) is 9.59 Å². The maximum Gasteiger partial charge on any atom is 0.323 e. The Morgan fingerprint density at radius 2 is 2.04 bits per heavy atom. The Morgan fingerprint density at radius 3 is 2.75 bits per heavy atom. The van der Waals surface area contributed by atoms with E-state index in [0.29, 0.717) is 15.8 Å². The van der Waals surface area contributed by atoms with Crippen LogP contribution in [-0.4, -0.2) is 32.7 Å². The lowest BCUT2D eigenvalue weighted by atomic mass is 10.3. The van der Waals surface area contributed by atoms with Crippen molar-refractivity contribution < 1.29 is 19.1 Å². The van der Waals surface area contributed by atoms with Gasteiger partial charge in [-0.05, 0) is 24.3 Å². The molecule has 3 rings (SSSR count). The maximum absolute atomic E-state index is 12.2. The number of carbonyl (C=O) groups is 2. The van der Waals surface area contributed by atoms with Crippen molar-refractivity contribution in [3.63, 3.8) is 0 Å². The minimum absolute atomic E-state index is 0.235. The largest absolute Gasteiger partial charge is 0.480 e. The van der Waals surface area contributed by atoms with Crippen LogP contribution in [0.25, 0.3) is 6.08 Å². The Kier molecular flexibility index (Phi) is 5.08. The number of hydrogen-bond acceptors (Lipinski definition) is 6. The molecule has 2 heterocycles. The third-order valence-electron chi connectivity index (χ3n) is 3.00. The standard InChI is InChI=1S/C16H11NO4S3/c18-13(19)9-17-15(20)12(24-16(17)22)8-10-6-7-14(21-10)23-11-4-2-1-3-5-11/h1-8H,9H2,(H,18,19)/b12-8+. The Labute approximate surface area is 151 Å². The summed E-state index contributed by atoms with van der Waals surface area (Å²) in [5.74, 6) is -1.00. The molecule has 0 radical (unpaired) electrons. The number of aliphatic carboxylic acids is 1. The molecule has 0 spiro atoms. The highest BCUT2D eigenvalue weighted by atomic mass is 32.2. The van der Waals surface area contributed by atoms with Gasteiger partial charge in [-0.1, -0.05) is 53.9 Å². The highest BCUT2D eigenvalue weighted by Gasteiger charge is 2.33. The first-order valence-corrected chi connectivity index (χ1v) is 8.87. The zero-order valence-electron chi connectivity index (χ0n) is 12.2. The zero-order valence-corrected chi connectivity index (χ0v) is 14.6. The van der Waals surface area contributed by atoms with E-state index < -0.39 is 18.4 Å². The molecule has 1 aromatic carbocycles. The molecule has 1 aromatic heterocycles. The van der Waals surface area contributed by atoms with Gasteiger partial charge in [0.15, 0.2) is 5.09 Å². The number of furan rings is 1. The van der Waals surface area contributed by atoms with Gasteiger partial charge in [0, 0.05) is 11.0 Å². The highest BCUT2D eigenvalue weighted by molar-refractivity contribution is 8.26. The van der Waals surface area contributed by atoms with Gasteiger partial charge in [0.25, 0.3) is 5.91 Å². The number of carboxylic acids is 1. The average molecular weight is 377 g/mol. The number of hydrogen-bond donors (Lipinski definition) is 1. The SMILES string of the molecule is O=C(O)CN1C(=O)/C(=C\c2ccc(Sc3ccccc3)o2)SC1=S. The fourth-order valence-electron chi connectivity index (χ4n) is 1.97. The van der Waals surface area contributed by atoms with Crippen molar-refractivity contribution in [2.24, 2.45) is 0 Å². The van der Waals surface area contributed by atoms with Crippen LogP contribution in [0.15, 0.2) is 61.8 Å². The number of benzene rings is 1. The van der Waals surface area contributed by atoms with Crippen LogP contribution in [0.5, 0.6) is 0 Å². The van der Waals surface area contributed by atoms with Gasteiger partial charge in [0.2, 0.25) is 0 Å². The molecule has 1 aliphatic rings. The molecule has 0 atom stereocenters. The monoisotopic (exact) mass is 377 g/mol. The van der Waals surface area contributed by atoms with Crippen molar-refractivity contribution in [3.8, 4) is 0 Å². The van der Waals surface area contributed by atoms with Crippen molar-refractivity contribution in [2.75, 3.05) is 6.54 Å². The molecule has 1 fully saturated rings. The first-order valence-electron chi connectivity index (χ1n) is 6.83. The molecule has 24 heavy (non-hydrogen) atoms. The van der Waals surface area contributed by atoms with Gasteiger partial charge in [-0.3, -0.25) is 14.5 Å². The molecule has 0 aliphatic carbocycles. The fourth-order valence-corrected chi connectivity index (χ4v) is 4.01. The van der Waals surface area contributed by atoms with E-state index in [-0.39, 0.29) is 4.32 Å². The molecule has 5 nitrogen and oxygen atoms in total. The van der Waals surface area contributed by atoms with Gasteiger partial charge >= 0.3 is 5.97 Å². The van der Waals surface area contributed by atoms with E-state index in [9.17, 15) is 9.59 Å². The molecule has 1 N–H and O–H groups in total. The third-order valence-corrected chi connectivity index (χ3v) is 5.31. The van der Waals surface area contributed by atoms with Crippen LogP contribution >= 0.6 is 35.7 Å². The molecule has 0 bridgehead atoms. The number of amides is 1. The third kappa shape index (κ3) is 3.89. The summed E-state index contributed by atoms with van der Waals surface area (Å²) in [5, 5.41) is 9.53. The molecule has 122 valence electrons. The van der Waals surface area contributed by atoms with Crippen LogP contribution in [0.4, 0.5) is 0 Å². The van der Waals surface area contributed by atoms with Crippen LogP contribution in [0, 0.1) is 0 Å². The van der Waals surface area contributed by atoms with Crippen LogP contribution in [0.3, 0.4) is 0 Å². The molecule has 1 saturated heterocycles. The quantitative estimate of drug-likeness (QED) is 0.629. The topological polar surface area (TPSA) is 70.8 Å². The molecule has 8 heteroatoms. The summed E-state index contributed by atoms with van der Waals surface area (Å²) in [5.41, 5.74) is 0. The van der Waals surface area contributed by atoms with Gasteiger partial charge in [0.1, 0.15) is 16.6 Å². The van der Waals surface area contributed by atoms with E-state index >= 15 is 0 Å². The first kappa shape index (κ1) is 16.8. The smallest absolute Gasteiger partial charge is 0.323 e. The Hall–Kier alpha value is -2.03. The number of carboxylic acid groups (broad SMARTS) is 1. The minimum Gasteiger partial charge on any atom is -0.480 e. The highest BCUT2D eigenvalue weighted by Crippen LogP contribution is 2.34. The summed E-state index contributed by atoms with van der Waals surface area (Å²) < 4.78 is 5.93. The Bertz CT molecular complexity index is 829. The number of rotatable bonds is 5. The second-order valence-corrected chi connectivity index (χ2v) is 7.49. The fraction of sp³-hybridized carbons (Fsp3) is 0.0625. The second-order valence-electron chi connectivity index (χ2n) is 4.73. The van der Waals surface area contributed by atoms with Crippen molar-refractivity contribution >= 4 is 58.0 Å². The van der Waals surface area contributed by atoms with Crippen molar-refractivity contribution in [1.29, 1.82) is 0 Å². The zero-order chi connectivity index (χ0) is 17.1. The summed E-state index contributed by atoms with van der Waals surface area (Å²) in [6, 6.07) is 13.4. The van der Waals surface area contributed by atoms with Gasteiger partial charge < -0.3 is 9.52 Å². The predicted octanol–water partition coefficient (Wildman–Crippen LogP) is 3.72. The van der Waals surface area contributed by atoms with Crippen LogP contribution < -0.4 is 0 Å². The van der Waals surface area contributed by atoms with Gasteiger partial charge in [-0.15, -0.1) is 0 Å². The summed E-state index contributed by atoms with van der Waals surface area (Å²) in [4.78, 5) is 25.4. The number of thioether (sulfide) groups is 1. The molecule has 0 saturated carbocycles. The normalized spacial score (nSPS) is 16.2. The number of nitrogens with zero attached hydrogens (tertiary/aromatic N) is 1. The van der Waals surface area contributed by atoms with Crippen LogP contribution in [0.1, 0.15) is 5.76 Å². The first-order chi connectivity index (χ1) is 11.5. The molecule has 2 aromatic rings. The van der Waals surface area contributed by atoms with E-state index in [2.05, 4.69) is 0 Å². The van der Waals surface area contributed by atoms with Crippen molar-refractivity contribution in [1.82, 2.24) is 4.90 Å². The lowest BCUT2D eigenvalue weighted by Gasteiger charge is -2.09. The van der Waals surface area contributed by atoms with E-state index in [0.717, 1.165) is 21.6 Å². The second kappa shape index (κ2) is 7.25. The summed E-state index contributed by atoms with van der Waals surface area (Å²) in [6.45, 7) is -0.435. The van der Waals surface area contributed by atoms with Crippen LogP contribution in [0.2, 0.25) is 0 Å². The van der Waals surface area contributed by atoms with Crippen molar-refractivity contribution in [3.05, 3.63) is 53.1 Å². The van der Waals surface area contributed by atoms with Gasteiger partial charge in [0.05, 0.1) is 4.91 Å². The molecule has 0 unspecified atom stereocenters. The van der Waals surface area contributed by atoms with E-state index in [1.54, 1.807) is 12.1 Å². The molecular weight excluding hydrogens is 366 g/mol. The van der Waals surface area contributed by atoms with E-state index in [4.69, 9.17) is 21.7 Å². The van der Waals surface area contributed by atoms with Gasteiger partial charge in [-0.25, -0.2) is 0 Å². The summed E-state index contributed by atoms with van der Waals surface area (Å²) >= 11 is 7.60. The average Bonchev–Trinajstić information content (AvgIpc) is 3.08. The Balaban J connectivity index is 1.74. The lowest BCUT2D eigenvalue weighted by molar-refractivity contribution is -0.140. The minimum atomic E-state index is -1.10. The number of thiocarbonyl (C=S) groups is 1. The molecular formula is C16H11NO4S3. The predicted molar refractivity (Wildman–Crippen MR) is 96.8 cm³/mol. The number of carbonyl (C=O) groups excluding carboxylic acids is 1. The van der Waals surface area contributed by atoms with E-state index in [1.807, 2.05) is 36.4 Å². The Morgan fingerprint density at radius 1 is 1.29 bits per heavy atom. The summed E-state index contributed by atoms with van der Waals surface area (Å²) in [6.07, 6.45) is 1.58. The van der Waals surface area contributed by atoms with E-state index in [1.165, 1.54) is 11.8 Å². The van der Waals surface area contributed by atoms with Crippen molar-refractivity contribution in [2.45, 2.75) is 9.99 Å². The molecule has 1 amide bonds. The molecule has 1 aliphatic heterocycles. The lowest BCUT2D eigenvalue weighted by Crippen LogP contribution is -2.33. The van der Waals surface area contributed by atoms with Gasteiger partial charge in [-0.2, -0.15) is 0 Å². The summed E-state index contributed by atoms with van der Waals surface area (Å²) in [7, 11) is 0. The maximum atomic E-state index is 12.2.